The third-order valence-electron chi connectivity index (χ3n) is 4.96. The molecule has 0 aromatic heterocycles. The van der Waals surface area contributed by atoms with E-state index in [4.69, 9.17) is 0 Å². The van der Waals surface area contributed by atoms with Crippen LogP contribution < -0.4 is 5.32 Å². The van der Waals surface area contributed by atoms with E-state index in [1.165, 1.54) is 25.7 Å². The molecular formula is C17H30N2O2. The molecule has 0 spiro atoms. The largest absolute Gasteiger partial charge is 0.342 e. The van der Waals surface area contributed by atoms with Crippen LogP contribution in [-0.2, 0) is 9.59 Å². The first-order chi connectivity index (χ1) is 10.0. The van der Waals surface area contributed by atoms with Crippen LogP contribution in [0.2, 0.25) is 0 Å². The maximum atomic E-state index is 12.7. The lowest BCUT2D eigenvalue weighted by atomic mass is 9.94. The molecule has 21 heavy (non-hydrogen) atoms. The van der Waals surface area contributed by atoms with E-state index in [0.29, 0.717) is 0 Å². The molecule has 1 aliphatic carbocycles. The Kier molecular flexibility index (Phi) is 5.65. The molecule has 0 bridgehead atoms. The molecule has 2 unspecified atom stereocenters. The number of hydrogen-bond donors (Lipinski definition) is 1. The van der Waals surface area contributed by atoms with Gasteiger partial charge in [0.15, 0.2) is 0 Å². The van der Waals surface area contributed by atoms with Crippen LogP contribution in [0.15, 0.2) is 0 Å². The normalized spacial score (nSPS) is 27.5. The fourth-order valence-corrected chi connectivity index (χ4v) is 3.81. The second-order valence-electron chi connectivity index (χ2n) is 7.01. The topological polar surface area (TPSA) is 49.4 Å². The van der Waals surface area contributed by atoms with Crippen LogP contribution in [0.1, 0.15) is 65.7 Å². The number of carbonyl (C=O) groups excluding carboxylic acids is 2. The Labute approximate surface area is 128 Å². The fourth-order valence-electron chi connectivity index (χ4n) is 3.81. The monoisotopic (exact) mass is 294 g/mol. The van der Waals surface area contributed by atoms with Crippen LogP contribution >= 0.6 is 0 Å². The fraction of sp³-hybridized carbons (Fsp3) is 0.882. The number of carbonyl (C=O) groups is 2. The first-order valence-electron chi connectivity index (χ1n) is 8.65. The van der Waals surface area contributed by atoms with Crippen molar-refractivity contribution in [3.8, 4) is 0 Å². The van der Waals surface area contributed by atoms with Crippen LogP contribution in [0.3, 0.4) is 0 Å². The van der Waals surface area contributed by atoms with Gasteiger partial charge in [-0.2, -0.15) is 0 Å². The highest BCUT2D eigenvalue weighted by molar-refractivity contribution is 5.97. The second kappa shape index (κ2) is 7.28. The standard InChI is InChI=1S/C17H30N2O2/c1-4-7-14-17(21)19(11-10-13-8-5-6-9-13)15(12(2)3)16(20)18-14/h12-15H,4-11H2,1-3H3,(H,18,20). The smallest absolute Gasteiger partial charge is 0.245 e. The van der Waals surface area contributed by atoms with E-state index < -0.39 is 0 Å². The highest BCUT2D eigenvalue weighted by Crippen LogP contribution is 2.29. The van der Waals surface area contributed by atoms with Gasteiger partial charge in [-0.3, -0.25) is 9.59 Å². The Balaban J connectivity index is 2.05. The lowest BCUT2D eigenvalue weighted by Crippen LogP contribution is -2.64. The molecule has 2 amide bonds. The first kappa shape index (κ1) is 16.3. The van der Waals surface area contributed by atoms with Crippen molar-refractivity contribution in [1.82, 2.24) is 10.2 Å². The lowest BCUT2D eigenvalue weighted by Gasteiger charge is -2.41. The van der Waals surface area contributed by atoms with Crippen molar-refractivity contribution in [3.05, 3.63) is 0 Å². The molecule has 4 heteroatoms. The van der Waals surface area contributed by atoms with E-state index in [2.05, 4.69) is 12.2 Å². The van der Waals surface area contributed by atoms with E-state index >= 15 is 0 Å². The van der Waals surface area contributed by atoms with Crippen LogP contribution in [-0.4, -0.2) is 35.3 Å². The van der Waals surface area contributed by atoms with Crippen LogP contribution in [0.4, 0.5) is 0 Å². The van der Waals surface area contributed by atoms with Crippen LogP contribution in [0.25, 0.3) is 0 Å². The summed E-state index contributed by atoms with van der Waals surface area (Å²) in [6.07, 6.45) is 7.95. The van der Waals surface area contributed by atoms with Crippen LogP contribution in [0.5, 0.6) is 0 Å². The van der Waals surface area contributed by atoms with E-state index in [9.17, 15) is 9.59 Å². The van der Waals surface area contributed by atoms with E-state index in [1.807, 2.05) is 18.7 Å². The number of rotatable bonds is 6. The molecule has 2 rings (SSSR count). The van der Waals surface area contributed by atoms with Crippen molar-refractivity contribution in [1.29, 1.82) is 0 Å². The molecule has 120 valence electrons. The Morgan fingerprint density at radius 3 is 2.43 bits per heavy atom. The van der Waals surface area contributed by atoms with Gasteiger partial charge in [-0.25, -0.2) is 0 Å². The summed E-state index contributed by atoms with van der Waals surface area (Å²) in [5, 5.41) is 2.93. The van der Waals surface area contributed by atoms with Gasteiger partial charge in [-0.15, -0.1) is 0 Å². The van der Waals surface area contributed by atoms with Gasteiger partial charge in [0.1, 0.15) is 12.1 Å². The SMILES string of the molecule is CCCC1NC(=O)C(C(C)C)N(CCC2CCCC2)C1=O. The van der Waals surface area contributed by atoms with Gasteiger partial charge < -0.3 is 10.2 Å². The predicted octanol–water partition coefficient (Wildman–Crippen LogP) is 2.72. The van der Waals surface area contributed by atoms with Gasteiger partial charge >= 0.3 is 0 Å². The zero-order valence-electron chi connectivity index (χ0n) is 13.7. The van der Waals surface area contributed by atoms with Crippen molar-refractivity contribution < 1.29 is 9.59 Å². The summed E-state index contributed by atoms with van der Waals surface area (Å²) in [4.78, 5) is 26.9. The number of piperazine rings is 1. The number of nitrogens with one attached hydrogen (secondary N) is 1. The number of amides is 2. The Hall–Kier alpha value is -1.06. The zero-order chi connectivity index (χ0) is 15.4. The van der Waals surface area contributed by atoms with E-state index in [1.54, 1.807) is 0 Å². The quantitative estimate of drug-likeness (QED) is 0.819. The molecule has 1 saturated heterocycles. The molecule has 1 heterocycles. The molecule has 1 aliphatic heterocycles. The molecule has 1 N–H and O–H groups in total. The van der Waals surface area contributed by atoms with E-state index in [0.717, 1.165) is 31.7 Å². The molecule has 2 atom stereocenters. The predicted molar refractivity (Wildman–Crippen MR) is 83.8 cm³/mol. The van der Waals surface area contributed by atoms with Gasteiger partial charge in [0.05, 0.1) is 0 Å². The Bertz CT molecular complexity index is 375. The molecular weight excluding hydrogens is 264 g/mol. The van der Waals surface area contributed by atoms with Gasteiger partial charge in [0.25, 0.3) is 0 Å². The molecule has 0 aromatic rings. The summed E-state index contributed by atoms with van der Waals surface area (Å²) in [5.74, 6) is 1.09. The summed E-state index contributed by atoms with van der Waals surface area (Å²) >= 11 is 0. The van der Waals surface area contributed by atoms with Crippen molar-refractivity contribution >= 4 is 11.8 Å². The van der Waals surface area contributed by atoms with Crippen molar-refractivity contribution in [3.63, 3.8) is 0 Å². The molecule has 0 aromatic carbocycles. The van der Waals surface area contributed by atoms with Gasteiger partial charge in [0.2, 0.25) is 11.8 Å². The van der Waals surface area contributed by atoms with Crippen molar-refractivity contribution in [2.24, 2.45) is 11.8 Å². The van der Waals surface area contributed by atoms with Gasteiger partial charge in [-0.1, -0.05) is 52.9 Å². The second-order valence-corrected chi connectivity index (χ2v) is 7.01. The molecule has 4 nitrogen and oxygen atoms in total. The maximum absolute atomic E-state index is 12.7. The average molecular weight is 294 g/mol. The summed E-state index contributed by atoms with van der Waals surface area (Å²) in [6.45, 7) is 6.86. The first-order valence-corrected chi connectivity index (χ1v) is 8.65. The minimum Gasteiger partial charge on any atom is -0.342 e. The summed E-state index contributed by atoms with van der Waals surface area (Å²) in [7, 11) is 0. The zero-order valence-corrected chi connectivity index (χ0v) is 13.7. The minimum atomic E-state index is -0.305. The number of nitrogens with zero attached hydrogens (tertiary/aromatic N) is 1. The number of hydrogen-bond acceptors (Lipinski definition) is 2. The molecule has 0 radical (unpaired) electrons. The lowest BCUT2D eigenvalue weighted by molar-refractivity contribution is -0.151. The summed E-state index contributed by atoms with van der Waals surface area (Å²) in [5.41, 5.74) is 0. The highest BCUT2D eigenvalue weighted by atomic mass is 16.2. The Morgan fingerprint density at radius 1 is 1.19 bits per heavy atom. The van der Waals surface area contributed by atoms with Gasteiger partial charge in [-0.05, 0) is 24.7 Å². The minimum absolute atomic E-state index is 0.0365. The van der Waals surface area contributed by atoms with Crippen molar-refractivity contribution in [2.45, 2.75) is 77.8 Å². The Morgan fingerprint density at radius 2 is 1.86 bits per heavy atom. The summed E-state index contributed by atoms with van der Waals surface area (Å²) < 4.78 is 0. The highest BCUT2D eigenvalue weighted by Gasteiger charge is 2.41. The van der Waals surface area contributed by atoms with E-state index in [-0.39, 0.29) is 29.8 Å². The summed E-state index contributed by atoms with van der Waals surface area (Å²) in [6, 6.07) is -0.590. The third kappa shape index (κ3) is 3.78. The molecule has 2 aliphatic rings. The van der Waals surface area contributed by atoms with Gasteiger partial charge in [0, 0.05) is 6.54 Å². The third-order valence-corrected chi connectivity index (χ3v) is 4.96. The maximum Gasteiger partial charge on any atom is 0.245 e. The van der Waals surface area contributed by atoms with Crippen LogP contribution in [0, 0.1) is 11.8 Å². The van der Waals surface area contributed by atoms with Crippen molar-refractivity contribution in [2.75, 3.05) is 6.54 Å². The molecule has 2 fully saturated rings. The molecule has 1 saturated carbocycles. The average Bonchev–Trinajstić information content (AvgIpc) is 2.93.